The molecule has 0 bridgehead atoms. The minimum atomic E-state index is -3.35. The van der Waals surface area contributed by atoms with Crippen LogP contribution in [0.25, 0.3) is 49.1 Å². The van der Waals surface area contributed by atoms with Gasteiger partial charge in [-0.25, -0.2) is 4.98 Å². The van der Waals surface area contributed by atoms with Crippen LogP contribution in [-0.2, 0) is 4.57 Å². The normalized spacial score (nSPS) is 12.2. The predicted molar refractivity (Wildman–Crippen MR) is 165 cm³/mol. The molecule has 0 aliphatic rings. The molecule has 39 heavy (non-hydrogen) atoms. The van der Waals surface area contributed by atoms with Crippen molar-refractivity contribution >= 4 is 72.2 Å². The van der Waals surface area contributed by atoms with Gasteiger partial charge in [-0.05, 0) is 40.4 Å². The Kier molecular flexibility index (Phi) is 4.79. The Hall–Kier alpha value is -4.72. The summed E-state index contributed by atoms with van der Waals surface area (Å²) in [6.45, 7) is 0. The highest BCUT2D eigenvalue weighted by Crippen LogP contribution is 2.48. The summed E-state index contributed by atoms with van der Waals surface area (Å²) in [6.07, 6.45) is 0. The highest BCUT2D eigenvalue weighted by Gasteiger charge is 2.35. The van der Waals surface area contributed by atoms with Gasteiger partial charge in [0.15, 0.2) is 7.14 Å². The van der Waals surface area contributed by atoms with Crippen molar-refractivity contribution in [2.24, 2.45) is 0 Å². The summed E-state index contributed by atoms with van der Waals surface area (Å²) >= 11 is 0. The molecule has 0 aliphatic heterocycles. The molecule has 8 aromatic rings. The maximum Gasteiger partial charge on any atom is 0.172 e. The first kappa shape index (κ1) is 22.3. The monoisotopic (exact) mass is 518 g/mol. The van der Waals surface area contributed by atoms with Gasteiger partial charge in [-0.1, -0.05) is 115 Å². The average molecular weight is 519 g/mol. The van der Waals surface area contributed by atoms with Crippen molar-refractivity contribution in [1.29, 1.82) is 0 Å². The Morgan fingerprint density at radius 3 is 1.82 bits per heavy atom. The smallest absolute Gasteiger partial charge is 0.172 e. The van der Waals surface area contributed by atoms with Gasteiger partial charge in [-0.3, -0.25) is 4.40 Å². The number of para-hydroxylation sites is 3. The lowest BCUT2D eigenvalue weighted by atomic mass is 10.0. The fourth-order valence-electron chi connectivity index (χ4n) is 6.11. The van der Waals surface area contributed by atoms with Crippen molar-refractivity contribution in [1.82, 2.24) is 9.38 Å². The fraction of sp³-hybridized carbons (Fsp3) is 0. The Morgan fingerprint density at radius 1 is 0.538 bits per heavy atom. The van der Waals surface area contributed by atoms with Crippen molar-refractivity contribution < 1.29 is 4.57 Å². The fourth-order valence-corrected chi connectivity index (χ4v) is 9.19. The zero-order valence-electron chi connectivity index (χ0n) is 21.0. The lowest BCUT2D eigenvalue weighted by Crippen LogP contribution is -2.26. The van der Waals surface area contributed by atoms with Crippen LogP contribution < -0.4 is 15.9 Å². The molecular formula is C35H23N2OP. The highest BCUT2D eigenvalue weighted by molar-refractivity contribution is 7.86. The van der Waals surface area contributed by atoms with Crippen LogP contribution in [0.15, 0.2) is 140 Å². The van der Waals surface area contributed by atoms with Gasteiger partial charge in [0.05, 0.1) is 16.6 Å². The number of aromatic nitrogens is 2. The van der Waals surface area contributed by atoms with Gasteiger partial charge in [0, 0.05) is 26.7 Å². The van der Waals surface area contributed by atoms with Crippen molar-refractivity contribution in [2.75, 3.05) is 0 Å². The minimum absolute atomic E-state index is 0.816. The van der Waals surface area contributed by atoms with E-state index < -0.39 is 7.14 Å². The van der Waals surface area contributed by atoms with Gasteiger partial charge in [-0.15, -0.1) is 0 Å². The molecule has 2 heterocycles. The molecule has 0 spiro atoms. The summed E-state index contributed by atoms with van der Waals surface area (Å²) in [6, 6.07) is 47.2. The van der Waals surface area contributed by atoms with Gasteiger partial charge in [0.2, 0.25) is 0 Å². The van der Waals surface area contributed by atoms with E-state index >= 15 is 4.57 Å². The van der Waals surface area contributed by atoms with Crippen LogP contribution in [0.1, 0.15) is 0 Å². The van der Waals surface area contributed by atoms with Gasteiger partial charge in [0.25, 0.3) is 0 Å². The number of fused-ring (bicyclic) bond motifs is 9. The maximum absolute atomic E-state index is 16.0. The SMILES string of the molecule is O=P(c1ccccc1)(c1ccccc1)c1c2ccccc2cc2c3ccccc3n3c4ccccc4nc3c12. The molecule has 0 saturated carbocycles. The van der Waals surface area contributed by atoms with E-state index in [1.165, 1.54) is 0 Å². The molecule has 0 saturated heterocycles. The molecule has 2 aromatic heterocycles. The van der Waals surface area contributed by atoms with Crippen LogP contribution in [0.3, 0.4) is 0 Å². The molecule has 184 valence electrons. The van der Waals surface area contributed by atoms with E-state index in [1.54, 1.807) is 0 Å². The van der Waals surface area contributed by atoms with Crippen LogP contribution >= 0.6 is 7.14 Å². The first-order chi connectivity index (χ1) is 19.2. The van der Waals surface area contributed by atoms with E-state index in [-0.39, 0.29) is 0 Å². The van der Waals surface area contributed by atoms with Crippen molar-refractivity contribution in [3.05, 3.63) is 140 Å². The predicted octanol–water partition coefficient (Wildman–Crippen LogP) is 7.59. The topological polar surface area (TPSA) is 34.4 Å². The quantitative estimate of drug-likeness (QED) is 0.137. The molecule has 0 radical (unpaired) electrons. The summed E-state index contributed by atoms with van der Waals surface area (Å²) in [5.74, 6) is 0. The van der Waals surface area contributed by atoms with Gasteiger partial charge in [-0.2, -0.15) is 0 Å². The van der Waals surface area contributed by atoms with Gasteiger partial charge < -0.3 is 4.57 Å². The number of pyridine rings is 1. The Labute approximate surface area is 225 Å². The van der Waals surface area contributed by atoms with Gasteiger partial charge >= 0.3 is 0 Å². The summed E-state index contributed by atoms with van der Waals surface area (Å²) in [5.41, 5.74) is 3.88. The average Bonchev–Trinajstić information content (AvgIpc) is 3.40. The zero-order valence-corrected chi connectivity index (χ0v) is 21.9. The Bertz CT molecular complexity index is 2210. The summed E-state index contributed by atoms with van der Waals surface area (Å²) in [4.78, 5) is 5.20. The zero-order chi connectivity index (χ0) is 26.0. The first-order valence-electron chi connectivity index (χ1n) is 13.1. The first-order valence-corrected chi connectivity index (χ1v) is 14.8. The van der Waals surface area contributed by atoms with Crippen LogP contribution in [-0.4, -0.2) is 9.38 Å². The highest BCUT2D eigenvalue weighted by atomic mass is 31.2. The Balaban J connectivity index is 1.72. The van der Waals surface area contributed by atoms with E-state index in [0.29, 0.717) is 0 Å². The number of benzene rings is 6. The van der Waals surface area contributed by atoms with Crippen LogP contribution in [0.2, 0.25) is 0 Å². The van der Waals surface area contributed by atoms with Crippen LogP contribution in [0, 0.1) is 0 Å². The molecule has 0 fully saturated rings. The number of hydrogen-bond acceptors (Lipinski definition) is 2. The van der Waals surface area contributed by atoms with E-state index in [4.69, 9.17) is 4.98 Å². The van der Waals surface area contributed by atoms with Crippen molar-refractivity contribution in [2.45, 2.75) is 0 Å². The third-order valence-corrected chi connectivity index (χ3v) is 10.9. The van der Waals surface area contributed by atoms with Crippen molar-refractivity contribution in [3.63, 3.8) is 0 Å². The number of hydrogen-bond donors (Lipinski definition) is 0. The van der Waals surface area contributed by atoms with E-state index in [2.05, 4.69) is 71.1 Å². The second-order valence-electron chi connectivity index (χ2n) is 9.93. The molecule has 0 unspecified atom stereocenters. The van der Waals surface area contributed by atoms with E-state index in [9.17, 15) is 0 Å². The molecule has 8 rings (SSSR count). The molecule has 0 atom stereocenters. The lowest BCUT2D eigenvalue weighted by molar-refractivity contribution is 0.593. The summed E-state index contributed by atoms with van der Waals surface area (Å²) in [5, 5.41) is 7.66. The molecular weight excluding hydrogens is 495 g/mol. The largest absolute Gasteiger partial charge is 0.309 e. The molecule has 0 N–H and O–H groups in total. The minimum Gasteiger partial charge on any atom is -0.309 e. The number of nitrogens with zero attached hydrogens (tertiary/aromatic N) is 2. The second-order valence-corrected chi connectivity index (χ2v) is 12.6. The lowest BCUT2D eigenvalue weighted by Gasteiger charge is -2.24. The second kappa shape index (κ2) is 8.39. The molecule has 4 heteroatoms. The molecule has 3 nitrogen and oxygen atoms in total. The van der Waals surface area contributed by atoms with E-state index in [1.807, 2.05) is 72.8 Å². The molecule has 6 aromatic carbocycles. The summed E-state index contributed by atoms with van der Waals surface area (Å²) in [7, 11) is -3.35. The van der Waals surface area contributed by atoms with Crippen LogP contribution in [0.5, 0.6) is 0 Å². The third kappa shape index (κ3) is 3.11. The maximum atomic E-state index is 16.0. The van der Waals surface area contributed by atoms with Crippen LogP contribution in [0.4, 0.5) is 0 Å². The third-order valence-electron chi connectivity index (χ3n) is 7.80. The van der Waals surface area contributed by atoms with E-state index in [0.717, 1.165) is 65.0 Å². The van der Waals surface area contributed by atoms with Crippen molar-refractivity contribution in [3.8, 4) is 0 Å². The molecule has 0 aliphatic carbocycles. The molecule has 0 amide bonds. The number of imidazole rings is 1. The number of rotatable bonds is 3. The standard InChI is InChI=1S/C35H23N2OP/c38-39(25-14-3-1-4-15-25,26-16-5-2-6-17-26)34-27-18-8-7-13-24(27)23-29-28-19-9-11-21-31(28)37-32-22-12-10-20-30(32)36-35(37)33(29)34/h1-23H. The summed E-state index contributed by atoms with van der Waals surface area (Å²) < 4.78 is 18.2. The Morgan fingerprint density at radius 2 is 1.10 bits per heavy atom. The van der Waals surface area contributed by atoms with Gasteiger partial charge in [0.1, 0.15) is 5.65 Å².